The molecule has 4 aromatic carbocycles. The van der Waals surface area contributed by atoms with E-state index in [1.165, 1.54) is 33.4 Å². The average molecular weight is 556 g/mol. The van der Waals surface area contributed by atoms with Gasteiger partial charge in [0.2, 0.25) is 0 Å². The molecule has 1 heteroatoms. The van der Waals surface area contributed by atoms with Crippen LogP contribution in [0.1, 0.15) is 88.8 Å². The van der Waals surface area contributed by atoms with Gasteiger partial charge in [0.25, 0.3) is 0 Å². The molecule has 0 bridgehead atoms. The topological polar surface area (TPSA) is 0 Å². The van der Waals surface area contributed by atoms with E-state index in [9.17, 15) is 0 Å². The molecule has 0 saturated heterocycles. The maximum absolute atomic E-state index is 3.20. The Hall–Kier alpha value is -2.02. The van der Waals surface area contributed by atoms with E-state index in [4.69, 9.17) is 0 Å². The molecule has 0 nitrogen and oxygen atoms in total. The third kappa shape index (κ3) is 13.3. The summed E-state index contributed by atoms with van der Waals surface area (Å²) in [6, 6.07) is 40.0. The van der Waals surface area contributed by atoms with Crippen molar-refractivity contribution >= 4 is 0 Å². The van der Waals surface area contributed by atoms with Crippen LogP contribution in [0, 0.1) is 12.1 Å². The Labute approximate surface area is 248 Å². The first-order valence-electron chi connectivity index (χ1n) is 13.4. The molecule has 0 aromatic heterocycles. The number of rotatable bonds is 2. The molecule has 0 aliphatic heterocycles. The minimum atomic E-state index is 0. The van der Waals surface area contributed by atoms with Gasteiger partial charge in [-0.05, 0) is 41.5 Å². The molecular weight excluding hydrogens is 509 g/mol. The van der Waals surface area contributed by atoms with Gasteiger partial charge in [0.1, 0.15) is 0 Å². The summed E-state index contributed by atoms with van der Waals surface area (Å²) in [6.07, 6.45) is 3.13. The van der Waals surface area contributed by atoms with E-state index in [0.717, 1.165) is 19.3 Å². The first-order valence-corrected chi connectivity index (χ1v) is 13.4. The van der Waals surface area contributed by atoms with Crippen LogP contribution in [0.25, 0.3) is 0 Å². The molecule has 1 radical (unpaired) electrons. The molecule has 36 heavy (non-hydrogen) atoms. The first-order chi connectivity index (χ1) is 17.4. The second kappa shape index (κ2) is 24.7. The van der Waals surface area contributed by atoms with E-state index in [1.807, 2.05) is 91.8 Å². The zero-order chi connectivity index (χ0) is 26.3. The largest absolute Gasteiger partial charge is 0.180 e. The number of benzene rings is 4. The molecule has 4 aromatic rings. The Kier molecular flexibility index (Phi) is 24.8. The summed E-state index contributed by atoms with van der Waals surface area (Å²) < 4.78 is 0. The summed E-state index contributed by atoms with van der Waals surface area (Å²) in [5, 5.41) is 0. The van der Waals surface area contributed by atoms with Gasteiger partial charge in [0.05, 0.1) is 0 Å². The van der Waals surface area contributed by atoms with Gasteiger partial charge in [0.15, 0.2) is 0 Å². The van der Waals surface area contributed by atoms with E-state index >= 15 is 0 Å². The summed E-state index contributed by atoms with van der Waals surface area (Å²) >= 11 is 0. The summed E-state index contributed by atoms with van der Waals surface area (Å²) in [7, 11) is 0. The number of hydrogen-bond acceptors (Lipinski definition) is 0. The third-order valence-corrected chi connectivity index (χ3v) is 4.93. The van der Waals surface area contributed by atoms with Gasteiger partial charge in [-0.2, -0.15) is 71.8 Å². The van der Waals surface area contributed by atoms with Gasteiger partial charge >= 0.3 is 0 Å². The van der Waals surface area contributed by atoms with Crippen LogP contribution in [0.2, 0.25) is 0 Å². The number of hydrogen-bond donors (Lipinski definition) is 0. The molecule has 0 unspecified atom stereocenters. The van der Waals surface area contributed by atoms with Crippen LogP contribution in [0.5, 0.6) is 0 Å². The summed E-state index contributed by atoms with van der Waals surface area (Å²) in [6.45, 7) is 16.0. The monoisotopic (exact) mass is 555 g/mol. The summed E-state index contributed by atoms with van der Waals surface area (Å²) in [5.74, 6) is 0. The second-order valence-corrected chi connectivity index (χ2v) is 6.84. The van der Waals surface area contributed by atoms with Crippen molar-refractivity contribution in [3.05, 3.63) is 143 Å². The van der Waals surface area contributed by atoms with Crippen molar-refractivity contribution in [2.75, 3.05) is 0 Å². The van der Waals surface area contributed by atoms with Crippen LogP contribution >= 0.6 is 0 Å². The van der Waals surface area contributed by atoms with Crippen molar-refractivity contribution in [2.45, 2.75) is 74.7 Å². The smallest absolute Gasteiger partial charge is 0 e. The minimum Gasteiger partial charge on any atom is -0.180 e. The molecular formula is C35H46Y-2. The average Bonchev–Trinajstić information content (AvgIpc) is 2.98. The van der Waals surface area contributed by atoms with Crippen molar-refractivity contribution in [1.29, 1.82) is 0 Å². The molecule has 0 heterocycles. The zero-order valence-electron chi connectivity index (χ0n) is 23.9. The molecule has 191 valence electrons. The fraction of sp³-hybridized carbons (Fsp3) is 0.314. The Balaban J connectivity index is 0. The van der Waals surface area contributed by atoms with Gasteiger partial charge in [-0.1, -0.05) is 104 Å². The van der Waals surface area contributed by atoms with Crippen LogP contribution in [0.3, 0.4) is 0 Å². The normalized spacial score (nSPS) is 9.33. The Morgan fingerprint density at radius 2 is 0.722 bits per heavy atom. The fourth-order valence-electron chi connectivity index (χ4n) is 3.50. The minimum absolute atomic E-state index is 0. The van der Waals surface area contributed by atoms with Gasteiger partial charge < -0.3 is 0 Å². The predicted octanol–water partition coefficient (Wildman–Crippen LogP) is 10.2. The molecule has 0 atom stereocenters. The summed E-state index contributed by atoms with van der Waals surface area (Å²) in [4.78, 5) is 0. The van der Waals surface area contributed by atoms with Gasteiger partial charge in [-0.3, -0.25) is 0 Å². The van der Waals surface area contributed by atoms with Crippen LogP contribution < -0.4 is 0 Å². The van der Waals surface area contributed by atoms with Crippen LogP contribution in [-0.4, -0.2) is 0 Å². The maximum atomic E-state index is 3.20. The first kappa shape index (κ1) is 36.1. The van der Waals surface area contributed by atoms with Gasteiger partial charge in [-0.25, -0.2) is 0 Å². The Morgan fingerprint density at radius 3 is 0.972 bits per heavy atom. The van der Waals surface area contributed by atoms with Crippen molar-refractivity contribution in [3.63, 3.8) is 0 Å². The molecule has 0 fully saturated rings. The quantitative estimate of drug-likeness (QED) is 0.190. The van der Waals surface area contributed by atoms with E-state index in [1.54, 1.807) is 0 Å². The Morgan fingerprint density at radius 1 is 0.444 bits per heavy atom. The van der Waals surface area contributed by atoms with E-state index < -0.39 is 0 Å². The Bertz CT molecular complexity index is 866. The second-order valence-electron chi connectivity index (χ2n) is 6.84. The third-order valence-electron chi connectivity index (χ3n) is 4.93. The predicted molar refractivity (Wildman–Crippen MR) is 157 cm³/mol. The SMILES string of the molecule is CC.CC.CC.CC.[Y].[c-]1ccccc1Cc1[c-]cccc1.c1ccc2c(c1)Cc1ccccc1C2. The van der Waals surface area contributed by atoms with E-state index in [2.05, 4.69) is 72.8 Å². The number of fused-ring (bicyclic) bond motifs is 2. The molecule has 0 saturated carbocycles. The zero-order valence-corrected chi connectivity index (χ0v) is 26.8. The standard InChI is InChI=1S/C14H12.C13H10.4C2H6.Y/c1-2-6-12-10-14-8-4-3-7-13(14)9-11(12)5-1;1-3-7-12(8-4-1)11-13-9-5-2-6-10-13;4*1-2;/h1-8H,9-10H2;1-7,9H,11H2;4*1-2H3;/q;-2;;;;;. The molecule has 1 aliphatic rings. The van der Waals surface area contributed by atoms with Crippen molar-refractivity contribution in [2.24, 2.45) is 0 Å². The van der Waals surface area contributed by atoms with Crippen LogP contribution in [0.4, 0.5) is 0 Å². The van der Waals surface area contributed by atoms with Crippen LogP contribution in [-0.2, 0) is 52.0 Å². The molecule has 0 amide bonds. The molecule has 0 spiro atoms. The van der Waals surface area contributed by atoms with Gasteiger partial charge in [-0.15, -0.1) is 0 Å². The van der Waals surface area contributed by atoms with Crippen molar-refractivity contribution < 1.29 is 32.7 Å². The molecule has 1 aliphatic carbocycles. The van der Waals surface area contributed by atoms with Crippen LogP contribution in [0.15, 0.2) is 97.1 Å². The van der Waals surface area contributed by atoms with Crippen molar-refractivity contribution in [1.82, 2.24) is 0 Å². The van der Waals surface area contributed by atoms with E-state index in [-0.39, 0.29) is 32.7 Å². The maximum Gasteiger partial charge on any atom is 0 e. The fourth-order valence-corrected chi connectivity index (χ4v) is 3.50. The van der Waals surface area contributed by atoms with Crippen molar-refractivity contribution in [3.8, 4) is 0 Å². The summed E-state index contributed by atoms with van der Waals surface area (Å²) in [5.41, 5.74) is 8.39. The van der Waals surface area contributed by atoms with Gasteiger partial charge in [0, 0.05) is 32.7 Å². The molecule has 0 N–H and O–H groups in total. The van der Waals surface area contributed by atoms with E-state index in [0.29, 0.717) is 0 Å². The molecule has 5 rings (SSSR count).